The van der Waals surface area contributed by atoms with Crippen molar-refractivity contribution in [1.82, 2.24) is 5.43 Å². The van der Waals surface area contributed by atoms with Gasteiger partial charge >= 0.3 is 0 Å². The number of hydrogen-bond acceptors (Lipinski definition) is 4. The van der Waals surface area contributed by atoms with Crippen LogP contribution in [0.2, 0.25) is 0 Å². The smallest absolute Gasteiger partial charge is 0.271 e. The van der Waals surface area contributed by atoms with E-state index < -0.39 is 21.7 Å². The minimum atomic E-state index is -3.90. The molecule has 0 radical (unpaired) electrons. The van der Waals surface area contributed by atoms with Gasteiger partial charge in [0.05, 0.1) is 16.3 Å². The Kier molecular flexibility index (Phi) is 6.50. The molecule has 8 heteroatoms. The first-order chi connectivity index (χ1) is 14.7. The summed E-state index contributed by atoms with van der Waals surface area (Å²) in [6.07, 6.45) is 0. The van der Waals surface area contributed by atoms with E-state index in [0.717, 1.165) is 11.1 Å². The Morgan fingerprint density at radius 1 is 0.968 bits per heavy atom. The first kappa shape index (κ1) is 22.2. The van der Waals surface area contributed by atoms with Crippen molar-refractivity contribution in [2.75, 3.05) is 4.72 Å². The third-order valence-corrected chi connectivity index (χ3v) is 5.98. The molecule has 0 saturated heterocycles. The minimum absolute atomic E-state index is 0.0602. The normalized spacial score (nSPS) is 11.8. The lowest BCUT2D eigenvalue weighted by molar-refractivity contribution is 0.0954. The molecule has 3 aromatic carbocycles. The number of rotatable bonds is 6. The first-order valence-corrected chi connectivity index (χ1v) is 11.0. The molecule has 0 heterocycles. The number of sulfonamides is 1. The third-order valence-electron chi connectivity index (χ3n) is 4.62. The molecular formula is C23H22FN3O3S. The number of carbonyl (C=O) groups excluding carboxylic acids is 1. The molecule has 0 spiro atoms. The monoisotopic (exact) mass is 439 g/mol. The second kappa shape index (κ2) is 9.09. The van der Waals surface area contributed by atoms with Crippen molar-refractivity contribution < 1.29 is 17.6 Å². The topological polar surface area (TPSA) is 87.6 Å². The lowest BCUT2D eigenvalue weighted by Crippen LogP contribution is -2.20. The zero-order valence-electron chi connectivity index (χ0n) is 17.3. The van der Waals surface area contributed by atoms with E-state index in [9.17, 15) is 17.6 Å². The van der Waals surface area contributed by atoms with Gasteiger partial charge in [0.15, 0.2) is 0 Å². The maximum Gasteiger partial charge on any atom is 0.271 e. The Morgan fingerprint density at radius 2 is 1.71 bits per heavy atom. The van der Waals surface area contributed by atoms with E-state index in [1.807, 2.05) is 26.0 Å². The number of benzene rings is 3. The number of aryl methyl sites for hydroxylation is 2. The van der Waals surface area contributed by atoms with Crippen LogP contribution in [0.25, 0.3) is 0 Å². The molecule has 0 aliphatic heterocycles. The molecule has 0 atom stereocenters. The number of anilines is 1. The summed E-state index contributed by atoms with van der Waals surface area (Å²) in [4.78, 5) is 12.4. The van der Waals surface area contributed by atoms with Crippen LogP contribution in [-0.4, -0.2) is 20.0 Å². The summed E-state index contributed by atoms with van der Waals surface area (Å²) in [5.74, 6) is -1.07. The van der Waals surface area contributed by atoms with Crippen LogP contribution in [0.4, 0.5) is 10.1 Å². The first-order valence-electron chi connectivity index (χ1n) is 9.47. The number of halogens is 1. The molecule has 1 amide bonds. The van der Waals surface area contributed by atoms with Gasteiger partial charge in [-0.25, -0.2) is 18.2 Å². The van der Waals surface area contributed by atoms with Gasteiger partial charge in [0, 0.05) is 11.1 Å². The van der Waals surface area contributed by atoms with E-state index >= 15 is 0 Å². The van der Waals surface area contributed by atoms with Crippen LogP contribution in [0, 0.1) is 19.7 Å². The highest BCUT2D eigenvalue weighted by molar-refractivity contribution is 7.92. The van der Waals surface area contributed by atoms with Crippen LogP contribution in [0.15, 0.2) is 76.7 Å². The van der Waals surface area contributed by atoms with Crippen LogP contribution in [-0.2, 0) is 10.0 Å². The van der Waals surface area contributed by atoms with Gasteiger partial charge in [-0.2, -0.15) is 5.10 Å². The second-order valence-electron chi connectivity index (χ2n) is 7.07. The SMILES string of the molecule is CC(=NNC(=O)c1cccc(S(=O)(=O)Nc2ccc(C)cc2C)c1)c1ccccc1F. The molecule has 6 nitrogen and oxygen atoms in total. The molecule has 0 bridgehead atoms. The van der Waals surface area contributed by atoms with E-state index in [0.29, 0.717) is 5.69 Å². The highest BCUT2D eigenvalue weighted by atomic mass is 32.2. The summed E-state index contributed by atoms with van der Waals surface area (Å²) in [7, 11) is -3.90. The maximum absolute atomic E-state index is 13.8. The highest BCUT2D eigenvalue weighted by Gasteiger charge is 2.17. The number of carbonyl (C=O) groups is 1. The molecule has 2 N–H and O–H groups in total. The van der Waals surface area contributed by atoms with E-state index in [1.54, 1.807) is 31.2 Å². The van der Waals surface area contributed by atoms with Crippen molar-refractivity contribution in [3.63, 3.8) is 0 Å². The van der Waals surface area contributed by atoms with E-state index in [2.05, 4.69) is 15.2 Å². The Hall–Kier alpha value is -3.52. The standard InChI is InChI=1S/C23H22FN3O3S/c1-15-11-12-22(16(2)13-15)27-31(29,30)19-8-6-7-18(14-19)23(28)26-25-17(3)20-9-4-5-10-21(20)24/h4-14,27H,1-3H3,(H,26,28). The Bertz CT molecular complexity index is 1270. The molecule has 31 heavy (non-hydrogen) atoms. The number of nitrogens with zero attached hydrogens (tertiary/aromatic N) is 1. The predicted molar refractivity (Wildman–Crippen MR) is 119 cm³/mol. The van der Waals surface area contributed by atoms with Gasteiger partial charge in [0.1, 0.15) is 5.82 Å². The van der Waals surface area contributed by atoms with Crippen molar-refractivity contribution in [3.05, 3.63) is 94.8 Å². The molecule has 0 aliphatic carbocycles. The van der Waals surface area contributed by atoms with E-state index in [-0.39, 0.29) is 21.7 Å². The number of amides is 1. The lowest BCUT2D eigenvalue weighted by atomic mass is 10.1. The lowest BCUT2D eigenvalue weighted by Gasteiger charge is -2.12. The van der Waals surface area contributed by atoms with Gasteiger partial charge in [-0.15, -0.1) is 0 Å². The summed E-state index contributed by atoms with van der Waals surface area (Å²) in [6.45, 7) is 5.29. The van der Waals surface area contributed by atoms with Crippen molar-refractivity contribution in [2.24, 2.45) is 5.10 Å². The van der Waals surface area contributed by atoms with Crippen molar-refractivity contribution in [3.8, 4) is 0 Å². The summed E-state index contributed by atoms with van der Waals surface area (Å²) in [5, 5.41) is 3.92. The van der Waals surface area contributed by atoms with Crippen LogP contribution in [0.1, 0.15) is 34.0 Å². The van der Waals surface area contributed by atoms with Gasteiger partial charge < -0.3 is 0 Å². The largest absolute Gasteiger partial charge is 0.279 e. The zero-order chi connectivity index (χ0) is 22.6. The van der Waals surface area contributed by atoms with Gasteiger partial charge in [-0.1, -0.05) is 42.0 Å². The molecule has 0 aliphatic rings. The quantitative estimate of drug-likeness (QED) is 0.441. The predicted octanol–water partition coefficient (Wildman–Crippen LogP) is 4.40. The van der Waals surface area contributed by atoms with E-state index in [4.69, 9.17) is 0 Å². The molecule has 0 saturated carbocycles. The molecular weight excluding hydrogens is 417 g/mol. The summed E-state index contributed by atoms with van der Waals surface area (Å²) >= 11 is 0. The molecule has 0 fully saturated rings. The minimum Gasteiger partial charge on any atom is -0.279 e. The van der Waals surface area contributed by atoms with Crippen molar-refractivity contribution in [1.29, 1.82) is 0 Å². The fourth-order valence-electron chi connectivity index (χ4n) is 2.95. The zero-order valence-corrected chi connectivity index (χ0v) is 18.1. The third kappa shape index (κ3) is 5.35. The summed E-state index contributed by atoms with van der Waals surface area (Å²) < 4.78 is 42.0. The fourth-order valence-corrected chi connectivity index (χ4v) is 4.13. The molecule has 0 aromatic heterocycles. The fraction of sp³-hybridized carbons (Fsp3) is 0.130. The van der Waals surface area contributed by atoms with Crippen LogP contribution < -0.4 is 10.1 Å². The second-order valence-corrected chi connectivity index (χ2v) is 8.75. The Morgan fingerprint density at radius 3 is 2.42 bits per heavy atom. The average molecular weight is 440 g/mol. The number of hydrogen-bond donors (Lipinski definition) is 2. The van der Waals surface area contributed by atoms with Gasteiger partial charge in [-0.05, 0) is 56.7 Å². The van der Waals surface area contributed by atoms with Crippen molar-refractivity contribution in [2.45, 2.75) is 25.7 Å². The van der Waals surface area contributed by atoms with Crippen LogP contribution in [0.3, 0.4) is 0 Å². The van der Waals surface area contributed by atoms with Gasteiger partial charge in [0.25, 0.3) is 15.9 Å². The number of hydrazone groups is 1. The maximum atomic E-state index is 13.8. The van der Waals surface area contributed by atoms with Gasteiger partial charge in [-0.3, -0.25) is 9.52 Å². The highest BCUT2D eigenvalue weighted by Crippen LogP contribution is 2.21. The Balaban J connectivity index is 1.79. The van der Waals surface area contributed by atoms with E-state index in [1.165, 1.54) is 30.3 Å². The molecule has 3 rings (SSSR count). The van der Waals surface area contributed by atoms with Crippen LogP contribution >= 0.6 is 0 Å². The average Bonchev–Trinajstić information content (AvgIpc) is 2.74. The van der Waals surface area contributed by atoms with Gasteiger partial charge in [0.2, 0.25) is 0 Å². The Labute approximate surface area is 180 Å². The molecule has 3 aromatic rings. The summed E-state index contributed by atoms with van der Waals surface area (Å²) in [6, 6.07) is 17.0. The van der Waals surface area contributed by atoms with Crippen LogP contribution in [0.5, 0.6) is 0 Å². The molecule has 0 unspecified atom stereocenters. The summed E-state index contributed by atoms with van der Waals surface area (Å²) in [5.41, 5.74) is 5.26. The number of nitrogens with one attached hydrogen (secondary N) is 2. The molecule has 160 valence electrons. The van der Waals surface area contributed by atoms with Crippen molar-refractivity contribution >= 4 is 27.3 Å².